The first kappa shape index (κ1) is 23.6. The molecule has 1 amide bonds. The molecule has 0 radical (unpaired) electrons. The van der Waals surface area contributed by atoms with E-state index in [1.807, 2.05) is 0 Å². The molecule has 0 saturated carbocycles. The van der Waals surface area contributed by atoms with Gasteiger partial charge in [0.15, 0.2) is 0 Å². The molecule has 168 valence electrons. The first-order valence-corrected chi connectivity index (χ1v) is 11.4. The molecule has 0 aliphatic carbocycles. The second-order valence-corrected chi connectivity index (χ2v) is 8.69. The van der Waals surface area contributed by atoms with Crippen LogP contribution in [-0.2, 0) is 11.2 Å². The van der Waals surface area contributed by atoms with Crippen molar-refractivity contribution in [1.82, 2.24) is 10.2 Å². The van der Waals surface area contributed by atoms with Gasteiger partial charge in [0.1, 0.15) is 11.9 Å². The number of ether oxygens (including phenoxy) is 2. The molecular weight excluding hydrogens is 412 g/mol. The Morgan fingerprint density at radius 1 is 1.19 bits per heavy atom. The van der Waals surface area contributed by atoms with Crippen molar-refractivity contribution in [1.29, 1.82) is 0 Å². The standard InChI is InChI=1S/C25H33ClN2O3/c1-18-4-6-20(7-5-18)16-19(2)28-13-10-22(11-14-28)31-24-9-8-21(17-23(24)26)25(29)27-12-15-30-3/h4-9,17,19,22H,10-16H2,1-3H3,(H,27,29)/t19-/m1/s1. The maximum Gasteiger partial charge on any atom is 0.251 e. The molecule has 1 N–H and O–H groups in total. The van der Waals surface area contributed by atoms with E-state index in [0.717, 1.165) is 32.4 Å². The number of piperidine rings is 1. The lowest BCUT2D eigenvalue weighted by atomic mass is 10.0. The van der Waals surface area contributed by atoms with Crippen molar-refractivity contribution in [3.63, 3.8) is 0 Å². The molecule has 0 spiro atoms. The van der Waals surface area contributed by atoms with E-state index in [2.05, 4.69) is 48.3 Å². The summed E-state index contributed by atoms with van der Waals surface area (Å²) in [6, 6.07) is 14.5. The molecule has 1 heterocycles. The van der Waals surface area contributed by atoms with Gasteiger partial charge >= 0.3 is 0 Å². The molecule has 2 aromatic carbocycles. The lowest BCUT2D eigenvalue weighted by Crippen LogP contribution is -2.43. The Hall–Kier alpha value is -2.08. The van der Waals surface area contributed by atoms with E-state index in [-0.39, 0.29) is 12.0 Å². The van der Waals surface area contributed by atoms with Crippen LogP contribution in [0.5, 0.6) is 5.75 Å². The Morgan fingerprint density at radius 3 is 2.55 bits per heavy atom. The monoisotopic (exact) mass is 444 g/mol. The first-order chi connectivity index (χ1) is 15.0. The van der Waals surface area contributed by atoms with E-state index in [0.29, 0.717) is 35.5 Å². The van der Waals surface area contributed by atoms with Gasteiger partial charge in [0.25, 0.3) is 5.91 Å². The van der Waals surface area contributed by atoms with Gasteiger partial charge in [0.05, 0.1) is 11.6 Å². The van der Waals surface area contributed by atoms with Crippen LogP contribution in [0.15, 0.2) is 42.5 Å². The predicted octanol–water partition coefficient (Wildman–Crippen LogP) is 4.50. The molecule has 1 fully saturated rings. The van der Waals surface area contributed by atoms with Gasteiger partial charge in [-0.2, -0.15) is 0 Å². The number of rotatable bonds is 9. The molecule has 0 aromatic heterocycles. The van der Waals surface area contributed by atoms with E-state index in [1.165, 1.54) is 11.1 Å². The summed E-state index contributed by atoms with van der Waals surface area (Å²) in [6.45, 7) is 7.38. The molecule has 1 saturated heterocycles. The number of aryl methyl sites for hydroxylation is 1. The molecule has 1 aliphatic heterocycles. The summed E-state index contributed by atoms with van der Waals surface area (Å²) >= 11 is 6.39. The third-order valence-electron chi connectivity index (χ3n) is 5.83. The second-order valence-electron chi connectivity index (χ2n) is 8.29. The lowest BCUT2D eigenvalue weighted by molar-refractivity contribution is 0.0799. The first-order valence-electron chi connectivity index (χ1n) is 11.0. The Balaban J connectivity index is 1.47. The summed E-state index contributed by atoms with van der Waals surface area (Å²) in [5, 5.41) is 3.26. The minimum Gasteiger partial charge on any atom is -0.489 e. The van der Waals surface area contributed by atoms with Gasteiger partial charge < -0.3 is 19.7 Å². The lowest BCUT2D eigenvalue weighted by Gasteiger charge is -2.36. The Bertz CT molecular complexity index is 848. The fraction of sp³-hybridized carbons (Fsp3) is 0.480. The van der Waals surface area contributed by atoms with Gasteiger partial charge in [-0.25, -0.2) is 0 Å². The number of benzene rings is 2. The average Bonchev–Trinajstić information content (AvgIpc) is 2.77. The zero-order valence-electron chi connectivity index (χ0n) is 18.7. The molecule has 5 nitrogen and oxygen atoms in total. The molecule has 6 heteroatoms. The smallest absolute Gasteiger partial charge is 0.251 e. The van der Waals surface area contributed by atoms with Gasteiger partial charge in [-0.05, 0) is 56.9 Å². The number of likely N-dealkylation sites (tertiary alicyclic amines) is 1. The van der Waals surface area contributed by atoms with E-state index in [1.54, 1.807) is 25.3 Å². The quantitative estimate of drug-likeness (QED) is 0.578. The van der Waals surface area contributed by atoms with Crippen LogP contribution in [-0.4, -0.2) is 56.3 Å². The molecular formula is C25H33ClN2O3. The fourth-order valence-corrected chi connectivity index (χ4v) is 4.14. The summed E-state index contributed by atoms with van der Waals surface area (Å²) in [4.78, 5) is 14.7. The zero-order valence-corrected chi connectivity index (χ0v) is 19.5. The van der Waals surface area contributed by atoms with Crippen LogP contribution < -0.4 is 10.1 Å². The normalized spacial score (nSPS) is 16.1. The van der Waals surface area contributed by atoms with Crippen molar-refractivity contribution in [3.8, 4) is 5.75 Å². The minimum atomic E-state index is -0.165. The van der Waals surface area contributed by atoms with E-state index in [4.69, 9.17) is 21.1 Å². The number of carbonyl (C=O) groups is 1. The SMILES string of the molecule is COCCNC(=O)c1ccc(OC2CCN([C@H](C)Cc3ccc(C)cc3)CC2)c(Cl)c1. The molecule has 0 unspecified atom stereocenters. The van der Waals surface area contributed by atoms with Crippen molar-refractivity contribution in [2.24, 2.45) is 0 Å². The maximum atomic E-state index is 12.1. The number of hydrogen-bond donors (Lipinski definition) is 1. The van der Waals surface area contributed by atoms with Gasteiger partial charge in [-0.1, -0.05) is 41.4 Å². The van der Waals surface area contributed by atoms with Gasteiger partial charge in [0, 0.05) is 38.3 Å². The molecule has 2 aromatic rings. The maximum absolute atomic E-state index is 12.1. The molecule has 0 bridgehead atoms. The number of hydrogen-bond acceptors (Lipinski definition) is 4. The highest BCUT2D eigenvalue weighted by Gasteiger charge is 2.24. The number of amides is 1. The molecule has 3 rings (SSSR count). The fourth-order valence-electron chi connectivity index (χ4n) is 3.91. The predicted molar refractivity (Wildman–Crippen MR) is 125 cm³/mol. The van der Waals surface area contributed by atoms with Crippen LogP contribution in [0, 0.1) is 6.92 Å². The Labute approximate surface area is 190 Å². The summed E-state index contributed by atoms with van der Waals surface area (Å²) in [5.74, 6) is 0.475. The average molecular weight is 445 g/mol. The van der Waals surface area contributed by atoms with Gasteiger partial charge in [-0.3, -0.25) is 4.79 Å². The highest BCUT2D eigenvalue weighted by atomic mass is 35.5. The second kappa shape index (κ2) is 11.5. The van der Waals surface area contributed by atoms with E-state index < -0.39 is 0 Å². The molecule has 31 heavy (non-hydrogen) atoms. The summed E-state index contributed by atoms with van der Waals surface area (Å²) in [7, 11) is 1.60. The van der Waals surface area contributed by atoms with Gasteiger partial charge in [-0.15, -0.1) is 0 Å². The third kappa shape index (κ3) is 6.96. The van der Waals surface area contributed by atoms with Crippen LogP contribution >= 0.6 is 11.6 Å². The minimum absolute atomic E-state index is 0.140. The van der Waals surface area contributed by atoms with Crippen molar-refractivity contribution in [2.75, 3.05) is 33.4 Å². The molecule has 1 aliphatic rings. The topological polar surface area (TPSA) is 50.8 Å². The van der Waals surface area contributed by atoms with Crippen molar-refractivity contribution in [2.45, 2.75) is 45.3 Å². The van der Waals surface area contributed by atoms with Gasteiger partial charge in [0.2, 0.25) is 0 Å². The van der Waals surface area contributed by atoms with Crippen molar-refractivity contribution in [3.05, 3.63) is 64.2 Å². The zero-order chi connectivity index (χ0) is 22.2. The van der Waals surface area contributed by atoms with Crippen LogP contribution in [0.2, 0.25) is 5.02 Å². The highest BCUT2D eigenvalue weighted by molar-refractivity contribution is 6.32. The number of carbonyl (C=O) groups excluding carboxylic acids is 1. The number of nitrogens with zero attached hydrogens (tertiary/aromatic N) is 1. The van der Waals surface area contributed by atoms with Crippen molar-refractivity contribution >= 4 is 17.5 Å². The van der Waals surface area contributed by atoms with Crippen LogP contribution in [0.4, 0.5) is 0 Å². The van der Waals surface area contributed by atoms with Crippen LogP contribution in [0.3, 0.4) is 0 Å². The molecule has 1 atom stereocenters. The summed E-state index contributed by atoms with van der Waals surface area (Å²) in [6.07, 6.45) is 3.13. The Morgan fingerprint density at radius 2 is 1.90 bits per heavy atom. The van der Waals surface area contributed by atoms with Crippen LogP contribution in [0.25, 0.3) is 0 Å². The van der Waals surface area contributed by atoms with Crippen molar-refractivity contribution < 1.29 is 14.3 Å². The summed E-state index contributed by atoms with van der Waals surface area (Å²) < 4.78 is 11.1. The van der Waals surface area contributed by atoms with Crippen LogP contribution in [0.1, 0.15) is 41.3 Å². The third-order valence-corrected chi connectivity index (χ3v) is 6.13. The number of nitrogens with one attached hydrogen (secondary N) is 1. The number of methoxy groups -OCH3 is 1. The Kier molecular flexibility index (Phi) is 8.76. The largest absolute Gasteiger partial charge is 0.489 e. The van der Waals surface area contributed by atoms with E-state index >= 15 is 0 Å². The highest BCUT2D eigenvalue weighted by Crippen LogP contribution is 2.29. The summed E-state index contributed by atoms with van der Waals surface area (Å²) in [5.41, 5.74) is 3.20. The van der Waals surface area contributed by atoms with E-state index in [9.17, 15) is 4.79 Å². The number of halogens is 1.